The summed E-state index contributed by atoms with van der Waals surface area (Å²) in [5, 5.41) is 2.51. The molecule has 1 atom stereocenters. The Morgan fingerprint density at radius 2 is 1.50 bits per heavy atom. The zero-order valence-electron chi connectivity index (χ0n) is 22.0. The highest BCUT2D eigenvalue weighted by Gasteiger charge is 2.33. The Hall–Kier alpha value is -3.81. The summed E-state index contributed by atoms with van der Waals surface area (Å²) in [5.74, 6) is 0.430. The zero-order chi connectivity index (χ0) is 27.0. The van der Waals surface area contributed by atoms with Crippen molar-refractivity contribution in [3.8, 4) is 5.69 Å². The average Bonchev–Trinajstić information content (AvgIpc) is 2.91. The standard InChI is InChI=1S/C31H31N3O3S/c1-21(2)20-33(38(36,37)27-17-13-22(3)14-18-27)23(4)30-32-29-12-8-7-11-28(29)31(35)34(30)26-16-15-24-9-5-6-10-25(24)19-26/h5-19,21,23H,20H2,1-4H3. The van der Waals surface area contributed by atoms with Crippen LogP contribution < -0.4 is 5.56 Å². The van der Waals surface area contributed by atoms with E-state index < -0.39 is 16.1 Å². The molecule has 0 bridgehead atoms. The van der Waals surface area contributed by atoms with E-state index in [1.54, 1.807) is 41.0 Å². The smallest absolute Gasteiger partial charge is 0.266 e. The van der Waals surface area contributed by atoms with Crippen molar-refractivity contribution in [2.75, 3.05) is 6.54 Å². The van der Waals surface area contributed by atoms with E-state index in [1.165, 1.54) is 4.31 Å². The minimum atomic E-state index is -3.88. The maximum atomic E-state index is 14.0. The second-order valence-corrected chi connectivity index (χ2v) is 12.0. The highest BCUT2D eigenvalue weighted by atomic mass is 32.2. The number of aryl methyl sites for hydroxylation is 1. The van der Waals surface area contributed by atoms with Crippen molar-refractivity contribution < 1.29 is 8.42 Å². The SMILES string of the molecule is Cc1ccc(S(=O)(=O)N(CC(C)C)C(C)c2nc3ccccc3c(=O)n2-c2ccc3ccccc3c2)cc1. The molecule has 194 valence electrons. The molecule has 7 heteroatoms. The van der Waals surface area contributed by atoms with Gasteiger partial charge in [0.25, 0.3) is 5.56 Å². The summed E-state index contributed by atoms with van der Waals surface area (Å²) >= 11 is 0. The van der Waals surface area contributed by atoms with Crippen LogP contribution in [-0.2, 0) is 10.0 Å². The van der Waals surface area contributed by atoms with Crippen LogP contribution in [0.2, 0.25) is 0 Å². The van der Waals surface area contributed by atoms with Crippen molar-refractivity contribution in [3.05, 3.63) is 113 Å². The van der Waals surface area contributed by atoms with Crippen LogP contribution in [0.3, 0.4) is 0 Å². The normalized spacial score (nSPS) is 13.0. The van der Waals surface area contributed by atoms with Gasteiger partial charge >= 0.3 is 0 Å². The van der Waals surface area contributed by atoms with Gasteiger partial charge in [-0.15, -0.1) is 0 Å². The van der Waals surface area contributed by atoms with Gasteiger partial charge in [0.1, 0.15) is 5.82 Å². The van der Waals surface area contributed by atoms with E-state index in [2.05, 4.69) is 0 Å². The van der Waals surface area contributed by atoms with Crippen molar-refractivity contribution in [3.63, 3.8) is 0 Å². The predicted molar refractivity (Wildman–Crippen MR) is 153 cm³/mol. The Bertz CT molecular complexity index is 1790. The molecular weight excluding hydrogens is 494 g/mol. The first-order valence-electron chi connectivity index (χ1n) is 12.8. The number of benzene rings is 4. The van der Waals surface area contributed by atoms with Crippen LogP contribution in [0.1, 0.15) is 38.2 Å². The fourth-order valence-electron chi connectivity index (χ4n) is 4.79. The summed E-state index contributed by atoms with van der Waals surface area (Å²) in [6, 6.07) is 27.1. The van der Waals surface area contributed by atoms with Gasteiger partial charge in [-0.05, 0) is 66.9 Å². The molecule has 0 spiro atoms. The van der Waals surface area contributed by atoms with E-state index in [-0.39, 0.29) is 22.9 Å². The third kappa shape index (κ3) is 4.75. The van der Waals surface area contributed by atoms with Crippen molar-refractivity contribution in [1.29, 1.82) is 0 Å². The highest BCUT2D eigenvalue weighted by Crippen LogP contribution is 2.30. The van der Waals surface area contributed by atoms with E-state index in [4.69, 9.17) is 4.98 Å². The molecule has 5 rings (SSSR count). The molecule has 0 saturated heterocycles. The number of para-hydroxylation sites is 1. The van der Waals surface area contributed by atoms with Crippen molar-refractivity contribution in [2.45, 2.75) is 38.6 Å². The van der Waals surface area contributed by atoms with Gasteiger partial charge in [-0.1, -0.05) is 74.0 Å². The lowest BCUT2D eigenvalue weighted by atomic mass is 10.1. The molecular formula is C31H31N3O3S. The van der Waals surface area contributed by atoms with Crippen molar-refractivity contribution in [2.24, 2.45) is 5.92 Å². The van der Waals surface area contributed by atoms with E-state index in [0.29, 0.717) is 22.4 Å². The summed E-state index contributed by atoms with van der Waals surface area (Å²) in [6.07, 6.45) is 0. The van der Waals surface area contributed by atoms with Crippen LogP contribution in [0.4, 0.5) is 0 Å². The molecule has 0 N–H and O–H groups in total. The summed E-state index contributed by atoms with van der Waals surface area (Å²) in [5.41, 5.74) is 1.93. The molecule has 0 aliphatic rings. The van der Waals surface area contributed by atoms with Gasteiger partial charge in [0.15, 0.2) is 0 Å². The summed E-state index contributed by atoms with van der Waals surface area (Å²) < 4.78 is 31.0. The summed E-state index contributed by atoms with van der Waals surface area (Å²) in [6.45, 7) is 7.97. The van der Waals surface area contributed by atoms with Gasteiger partial charge in [-0.3, -0.25) is 9.36 Å². The van der Waals surface area contributed by atoms with Crippen LogP contribution in [0.5, 0.6) is 0 Å². The first-order chi connectivity index (χ1) is 18.2. The van der Waals surface area contributed by atoms with Gasteiger partial charge in [0.2, 0.25) is 10.0 Å². The minimum absolute atomic E-state index is 0.0546. The van der Waals surface area contributed by atoms with Gasteiger partial charge < -0.3 is 0 Å². The Kier molecular flexibility index (Phi) is 6.90. The maximum Gasteiger partial charge on any atom is 0.266 e. The molecule has 0 aliphatic carbocycles. The van der Waals surface area contributed by atoms with Gasteiger partial charge in [0.05, 0.1) is 27.5 Å². The van der Waals surface area contributed by atoms with Crippen molar-refractivity contribution >= 4 is 31.7 Å². The van der Waals surface area contributed by atoms with Crippen molar-refractivity contribution in [1.82, 2.24) is 13.9 Å². The highest BCUT2D eigenvalue weighted by molar-refractivity contribution is 7.89. The van der Waals surface area contributed by atoms with E-state index in [1.807, 2.05) is 82.3 Å². The van der Waals surface area contributed by atoms with Gasteiger partial charge in [0, 0.05) is 6.54 Å². The molecule has 1 unspecified atom stereocenters. The Balaban J connectivity index is 1.75. The lowest BCUT2D eigenvalue weighted by molar-refractivity contribution is 0.296. The number of aromatic nitrogens is 2. The molecule has 1 heterocycles. The number of rotatable bonds is 7. The van der Waals surface area contributed by atoms with E-state index in [9.17, 15) is 13.2 Å². The summed E-state index contributed by atoms with van der Waals surface area (Å²) in [4.78, 5) is 19.1. The molecule has 6 nitrogen and oxygen atoms in total. The van der Waals surface area contributed by atoms with Crippen LogP contribution >= 0.6 is 0 Å². The lowest BCUT2D eigenvalue weighted by Gasteiger charge is -2.31. The molecule has 38 heavy (non-hydrogen) atoms. The van der Waals surface area contributed by atoms with Crippen LogP contribution in [-0.4, -0.2) is 28.8 Å². The predicted octanol–water partition coefficient (Wildman–Crippen LogP) is 6.26. The van der Waals surface area contributed by atoms with E-state index >= 15 is 0 Å². The van der Waals surface area contributed by atoms with Crippen LogP contribution in [0.15, 0.2) is 101 Å². The lowest BCUT2D eigenvalue weighted by Crippen LogP contribution is -2.39. The Morgan fingerprint density at radius 1 is 0.842 bits per heavy atom. The second kappa shape index (κ2) is 10.2. The quantitative estimate of drug-likeness (QED) is 0.252. The first kappa shape index (κ1) is 25.8. The molecule has 0 fully saturated rings. The topological polar surface area (TPSA) is 72.3 Å². The van der Waals surface area contributed by atoms with Gasteiger partial charge in [-0.25, -0.2) is 13.4 Å². The number of hydrogen-bond acceptors (Lipinski definition) is 4. The van der Waals surface area contributed by atoms with Crippen LogP contribution in [0, 0.1) is 12.8 Å². The molecule has 4 aromatic carbocycles. The first-order valence-corrected chi connectivity index (χ1v) is 14.2. The zero-order valence-corrected chi connectivity index (χ0v) is 22.8. The molecule has 0 aliphatic heterocycles. The fourth-order valence-corrected chi connectivity index (χ4v) is 6.55. The molecule has 0 radical (unpaired) electrons. The monoisotopic (exact) mass is 525 g/mol. The number of hydrogen-bond donors (Lipinski definition) is 0. The Morgan fingerprint density at radius 3 is 2.21 bits per heavy atom. The van der Waals surface area contributed by atoms with Crippen LogP contribution in [0.25, 0.3) is 27.4 Å². The fraction of sp³-hybridized carbons (Fsp3) is 0.226. The average molecular weight is 526 g/mol. The minimum Gasteiger partial charge on any atom is -0.268 e. The largest absolute Gasteiger partial charge is 0.268 e. The molecule has 0 saturated carbocycles. The number of sulfonamides is 1. The van der Waals surface area contributed by atoms with Gasteiger partial charge in [-0.2, -0.15) is 4.31 Å². The maximum absolute atomic E-state index is 14.0. The molecule has 1 aromatic heterocycles. The number of fused-ring (bicyclic) bond motifs is 2. The summed E-state index contributed by atoms with van der Waals surface area (Å²) in [7, 11) is -3.88. The second-order valence-electron chi connectivity index (χ2n) is 10.1. The number of nitrogens with zero attached hydrogens (tertiary/aromatic N) is 3. The third-order valence-corrected chi connectivity index (χ3v) is 8.72. The Labute approximate surface area is 223 Å². The van der Waals surface area contributed by atoms with E-state index in [0.717, 1.165) is 16.3 Å². The third-order valence-electron chi connectivity index (χ3n) is 6.77. The molecule has 5 aromatic rings. The molecule has 0 amide bonds.